The summed E-state index contributed by atoms with van der Waals surface area (Å²) >= 11 is 0. The molecule has 0 saturated heterocycles. The zero-order valence-electron chi connectivity index (χ0n) is 45.6. The first-order valence-corrected chi connectivity index (χ1v) is 25.1. The van der Waals surface area contributed by atoms with Gasteiger partial charge in [-0.3, -0.25) is 4.98 Å². The molecule has 10 aromatic rings. The molecule has 0 atom stereocenters. The molecule has 0 saturated carbocycles. The van der Waals surface area contributed by atoms with Gasteiger partial charge in [0.05, 0.1) is 30.5 Å². The fraction of sp³-hybridized carbons (Fsp3) is 0.186. The van der Waals surface area contributed by atoms with Crippen molar-refractivity contribution >= 4 is 46.2 Å². The van der Waals surface area contributed by atoms with Gasteiger partial charge < -0.3 is 14.0 Å². The molecule has 0 bridgehead atoms. The van der Waals surface area contributed by atoms with Gasteiger partial charge in [-0.05, 0) is 88.0 Å². The van der Waals surface area contributed by atoms with Crippen molar-refractivity contribution in [1.82, 2.24) is 14.5 Å². The summed E-state index contributed by atoms with van der Waals surface area (Å²) in [5, 5.41) is 3.45. The van der Waals surface area contributed by atoms with E-state index in [1.165, 1.54) is 23.5 Å². The van der Waals surface area contributed by atoms with Crippen LogP contribution in [-0.2, 0) is 20.1 Å². The van der Waals surface area contributed by atoms with E-state index in [1.54, 1.807) is 12.1 Å². The smallest absolute Gasteiger partial charge is 0.120 e. The van der Waals surface area contributed by atoms with Gasteiger partial charge >= 0.3 is 0 Å². The number of hydrogen-bond acceptors (Lipinski definition) is 3. The molecular formula is C59H55IrN3OSi-2. The van der Waals surface area contributed by atoms with E-state index in [4.69, 9.17) is 17.6 Å². The molecule has 3 aromatic heterocycles. The van der Waals surface area contributed by atoms with Crippen LogP contribution < -0.4 is 5.19 Å². The van der Waals surface area contributed by atoms with Crippen molar-refractivity contribution < 1.29 is 35.5 Å². The topological polar surface area (TPSA) is 43.9 Å². The minimum Gasteiger partial charge on any atom is -0.501 e. The predicted octanol–water partition coefficient (Wildman–Crippen LogP) is 15.7. The second-order valence-corrected chi connectivity index (χ2v) is 22.8. The summed E-state index contributed by atoms with van der Waals surface area (Å²) in [4.78, 5) is 9.40. The van der Waals surface area contributed by atoms with Gasteiger partial charge in [0.25, 0.3) is 0 Å². The van der Waals surface area contributed by atoms with Crippen LogP contribution in [0.2, 0.25) is 19.6 Å². The van der Waals surface area contributed by atoms with Crippen molar-refractivity contribution in [3.8, 4) is 50.6 Å². The second-order valence-electron chi connectivity index (χ2n) is 17.7. The van der Waals surface area contributed by atoms with Gasteiger partial charge in [0.2, 0.25) is 0 Å². The van der Waals surface area contributed by atoms with Crippen LogP contribution in [0.4, 0.5) is 0 Å². The van der Waals surface area contributed by atoms with Crippen molar-refractivity contribution in [1.29, 1.82) is 0 Å². The first-order valence-electron chi connectivity index (χ1n) is 25.6. The number of benzene rings is 7. The molecular weight excluding hydrogens is 987 g/mol. The van der Waals surface area contributed by atoms with Crippen LogP contribution in [-0.4, -0.2) is 22.6 Å². The third-order valence-electron chi connectivity index (χ3n) is 11.7. The molecule has 65 heavy (non-hydrogen) atoms. The number of fused-ring (bicyclic) bond motifs is 4. The molecule has 0 amide bonds. The largest absolute Gasteiger partial charge is 0.501 e. The maximum absolute atomic E-state index is 9.46. The Morgan fingerprint density at radius 2 is 1.40 bits per heavy atom. The zero-order chi connectivity index (χ0) is 51.5. The molecule has 4 nitrogen and oxygen atoms in total. The number of aromatic nitrogens is 3. The van der Waals surface area contributed by atoms with Crippen molar-refractivity contribution in [3.05, 3.63) is 192 Å². The van der Waals surface area contributed by atoms with Gasteiger partial charge in [0, 0.05) is 48.3 Å². The summed E-state index contributed by atoms with van der Waals surface area (Å²) in [5.41, 5.74) is 11.5. The van der Waals surface area contributed by atoms with Gasteiger partial charge in [0.1, 0.15) is 5.58 Å². The number of rotatable bonds is 8. The normalized spacial score (nSPS) is 14.1. The van der Waals surface area contributed by atoms with E-state index >= 15 is 0 Å². The number of hydrogen-bond donors (Lipinski definition) is 0. The molecule has 327 valence electrons. The van der Waals surface area contributed by atoms with Gasteiger partial charge in [-0.15, -0.1) is 47.5 Å². The Labute approximate surface area is 410 Å². The third-order valence-corrected chi connectivity index (χ3v) is 13.8. The Kier molecular flexibility index (Phi) is 10.4. The molecule has 0 unspecified atom stereocenters. The van der Waals surface area contributed by atoms with E-state index in [2.05, 4.69) is 89.9 Å². The van der Waals surface area contributed by atoms with Crippen LogP contribution >= 0.6 is 0 Å². The maximum Gasteiger partial charge on any atom is 0.120 e. The fourth-order valence-corrected chi connectivity index (χ4v) is 9.46. The molecule has 0 spiro atoms. The van der Waals surface area contributed by atoms with E-state index in [-0.39, 0.29) is 31.2 Å². The number of para-hydroxylation sites is 3. The van der Waals surface area contributed by atoms with Crippen LogP contribution in [0.25, 0.3) is 83.6 Å². The molecule has 0 fully saturated rings. The van der Waals surface area contributed by atoms with Crippen LogP contribution in [0.15, 0.2) is 162 Å². The monoisotopic (exact) mass is 1050 g/mol. The first kappa shape index (κ1) is 36.1. The molecule has 0 aliphatic heterocycles. The Bertz CT molecular complexity index is 3570. The molecule has 0 aliphatic rings. The van der Waals surface area contributed by atoms with Gasteiger partial charge in [0.15, 0.2) is 0 Å². The fourth-order valence-electron chi connectivity index (χ4n) is 8.29. The summed E-state index contributed by atoms with van der Waals surface area (Å²) < 4.78 is 73.1. The number of aryl methyl sites for hydroxylation is 2. The van der Waals surface area contributed by atoms with Crippen molar-refractivity contribution in [2.45, 2.75) is 72.8 Å². The molecule has 10 rings (SSSR count). The van der Waals surface area contributed by atoms with E-state index in [0.717, 1.165) is 72.0 Å². The third kappa shape index (κ3) is 9.09. The first-order chi connectivity index (χ1) is 33.9. The summed E-state index contributed by atoms with van der Waals surface area (Å²) in [7, 11) is -1.46. The molecule has 1 radical (unpaired) electrons. The Morgan fingerprint density at radius 1 is 0.692 bits per heavy atom. The Hall–Kier alpha value is -6.17. The van der Waals surface area contributed by atoms with Crippen LogP contribution in [0, 0.1) is 25.8 Å². The second kappa shape index (κ2) is 18.7. The molecule has 6 heteroatoms. The van der Waals surface area contributed by atoms with E-state index < -0.39 is 33.6 Å². The number of nitrogens with zero attached hydrogens (tertiary/aromatic N) is 3. The molecule has 0 aliphatic carbocycles. The van der Waals surface area contributed by atoms with Gasteiger partial charge in [-0.2, -0.15) is 0 Å². The van der Waals surface area contributed by atoms with Gasteiger partial charge in [-0.1, -0.05) is 173 Å². The number of pyridine rings is 1. The summed E-state index contributed by atoms with van der Waals surface area (Å²) in [6.07, 6.45) is 1.32. The van der Waals surface area contributed by atoms with Gasteiger partial charge in [-0.25, -0.2) is 0 Å². The molecule has 3 heterocycles. The summed E-state index contributed by atoms with van der Waals surface area (Å²) in [6, 6.07) is 55.3. The van der Waals surface area contributed by atoms with Crippen molar-refractivity contribution in [2.75, 3.05) is 0 Å². The van der Waals surface area contributed by atoms with E-state index in [0.29, 0.717) is 22.6 Å². The van der Waals surface area contributed by atoms with Crippen LogP contribution in [0.1, 0.15) is 72.7 Å². The van der Waals surface area contributed by atoms with Crippen molar-refractivity contribution in [3.63, 3.8) is 0 Å². The Morgan fingerprint density at radius 3 is 2.08 bits per heavy atom. The molecule has 0 N–H and O–H groups in total. The summed E-state index contributed by atoms with van der Waals surface area (Å²) in [6.45, 7) is 10.3. The average molecular weight is 1050 g/mol. The summed E-state index contributed by atoms with van der Waals surface area (Å²) in [5.74, 6) is -1.29. The SMILES string of the molecule is [2H]C(C)(C)c1cc(-c2ccc([Si](C)(C)C)cc2)cc(C([2H])(C)C)c1-n1c(-c2[c-]ccc3c2oc2ccccc23)nc2ccccc21.[2H]C([2H])([2H])c1ccc(-c2[c-]cc(C([2H])([2H])[2H])c(-c3ccccc3)c2)nc1.[Ir]. The Balaban J connectivity index is 0.000000224. The molecule has 7 aromatic carbocycles. The van der Waals surface area contributed by atoms with E-state index in [1.807, 2.05) is 107 Å². The average Bonchev–Trinajstić information content (AvgIpc) is 3.92. The minimum atomic E-state index is -2.27. The van der Waals surface area contributed by atoms with E-state index in [9.17, 15) is 2.74 Å². The number of imidazole rings is 1. The maximum atomic E-state index is 9.46. The minimum absolute atomic E-state index is 0. The quantitative estimate of drug-likeness (QED) is 0.113. The zero-order valence-corrected chi connectivity index (χ0v) is 41.0. The van der Waals surface area contributed by atoms with Crippen molar-refractivity contribution in [2.24, 2.45) is 0 Å². The van der Waals surface area contributed by atoms with Crippen LogP contribution in [0.5, 0.6) is 0 Å². The van der Waals surface area contributed by atoms with Crippen LogP contribution in [0.3, 0.4) is 0 Å². The standard InChI is InChI=1S/C40H39N2OSi.C19H16N.Ir/c1-25(2)33-23-28(27-19-21-29(22-20-27)44(5,6)7)24-34(26(3)4)38(33)42-36-17-10-9-16-35(36)41-40(42)32-15-12-14-31-30-13-8-11-18-37(30)43-39(31)32;1-14-8-11-19(20-13-14)17-10-9-15(2)18(12-17)16-6-4-3-5-7-16;/h8-14,16-26H,1-7H3;3-9,11-13H,1-2H3;/q2*-1;/i25D,26D;1D3,2D3;. The predicted molar refractivity (Wildman–Crippen MR) is 273 cm³/mol. The number of furan rings is 1.